The van der Waals surface area contributed by atoms with E-state index >= 15 is 0 Å². The van der Waals surface area contributed by atoms with Crippen LogP contribution < -0.4 is 0 Å². The van der Waals surface area contributed by atoms with Crippen LogP contribution in [-0.4, -0.2) is 19.7 Å². The Kier molecular flexibility index (Phi) is 0.887. The molecule has 0 amide bonds. The van der Waals surface area contributed by atoms with Crippen molar-refractivity contribution in [3.8, 4) is 5.75 Å². The molecule has 0 saturated carbocycles. The Morgan fingerprint density at radius 3 is 3.20 bits per heavy atom. The van der Waals surface area contributed by atoms with Crippen molar-refractivity contribution in [1.29, 1.82) is 0 Å². The molecule has 0 aliphatic carbocycles. The van der Waals surface area contributed by atoms with Crippen molar-refractivity contribution in [3.05, 3.63) is 24.8 Å². The van der Waals surface area contributed by atoms with Crippen LogP contribution in [-0.2, 0) is 0 Å². The summed E-state index contributed by atoms with van der Waals surface area (Å²) in [7, 11) is 0. The molecule has 0 saturated heterocycles. The summed E-state index contributed by atoms with van der Waals surface area (Å²) in [5.41, 5.74) is 0.627. The van der Waals surface area contributed by atoms with Crippen LogP contribution in [0.2, 0.25) is 0 Å². The summed E-state index contributed by atoms with van der Waals surface area (Å²) in [4.78, 5) is 3.75. The SMILES string of the molecule is Oc1ccn2ncncc12. The fourth-order valence-electron chi connectivity index (χ4n) is 0.840. The van der Waals surface area contributed by atoms with Crippen LogP contribution in [0.1, 0.15) is 0 Å². The lowest BCUT2D eigenvalue weighted by Gasteiger charge is -1.88. The third-order valence-corrected chi connectivity index (χ3v) is 1.32. The van der Waals surface area contributed by atoms with Crippen molar-refractivity contribution in [1.82, 2.24) is 14.6 Å². The largest absolute Gasteiger partial charge is 0.506 e. The molecule has 0 unspecified atom stereocenters. The molecule has 50 valence electrons. The smallest absolute Gasteiger partial charge is 0.144 e. The molecule has 2 aromatic heterocycles. The van der Waals surface area contributed by atoms with E-state index in [4.69, 9.17) is 5.11 Å². The summed E-state index contributed by atoms with van der Waals surface area (Å²) in [6.07, 6.45) is 4.65. The molecule has 2 aromatic rings. The van der Waals surface area contributed by atoms with Gasteiger partial charge in [-0.05, 0) is 0 Å². The zero-order chi connectivity index (χ0) is 6.97. The van der Waals surface area contributed by atoms with E-state index in [1.165, 1.54) is 6.33 Å². The highest BCUT2D eigenvalue weighted by molar-refractivity contribution is 5.57. The normalized spacial score (nSPS) is 10.4. The molecule has 0 spiro atoms. The number of rotatable bonds is 0. The standard InChI is InChI=1S/C6H5N3O/c10-6-1-2-9-5(6)3-7-4-8-9/h1-4,10H. The molecule has 2 heterocycles. The van der Waals surface area contributed by atoms with Crippen LogP contribution in [0.3, 0.4) is 0 Å². The Bertz CT molecular complexity index is 355. The Hall–Kier alpha value is -1.58. The highest BCUT2D eigenvalue weighted by Gasteiger charge is 1.97. The summed E-state index contributed by atoms with van der Waals surface area (Å²) in [5.74, 6) is 0.209. The van der Waals surface area contributed by atoms with Gasteiger partial charge in [0.25, 0.3) is 0 Å². The predicted octanol–water partition coefficient (Wildman–Crippen LogP) is 0.435. The van der Waals surface area contributed by atoms with E-state index in [2.05, 4.69) is 10.1 Å². The van der Waals surface area contributed by atoms with Crippen LogP contribution >= 0.6 is 0 Å². The van der Waals surface area contributed by atoms with Crippen LogP contribution in [0.15, 0.2) is 24.8 Å². The first-order valence-corrected chi connectivity index (χ1v) is 2.84. The van der Waals surface area contributed by atoms with E-state index in [-0.39, 0.29) is 5.75 Å². The predicted molar refractivity (Wildman–Crippen MR) is 34.7 cm³/mol. The van der Waals surface area contributed by atoms with E-state index in [1.54, 1.807) is 23.0 Å². The number of hydrogen-bond donors (Lipinski definition) is 1. The molecule has 1 N–H and O–H groups in total. The molecule has 0 aliphatic heterocycles. The number of aromatic nitrogens is 3. The zero-order valence-corrected chi connectivity index (χ0v) is 5.10. The van der Waals surface area contributed by atoms with Gasteiger partial charge in [0.15, 0.2) is 0 Å². The molecule has 4 nitrogen and oxygen atoms in total. The first-order valence-electron chi connectivity index (χ1n) is 2.84. The second-order valence-electron chi connectivity index (χ2n) is 1.94. The maximum Gasteiger partial charge on any atom is 0.144 e. The fourth-order valence-corrected chi connectivity index (χ4v) is 0.840. The Morgan fingerprint density at radius 1 is 1.50 bits per heavy atom. The van der Waals surface area contributed by atoms with Crippen molar-refractivity contribution in [2.24, 2.45) is 0 Å². The maximum atomic E-state index is 9.11. The summed E-state index contributed by atoms with van der Waals surface area (Å²) >= 11 is 0. The molecule has 0 aliphatic rings. The van der Waals surface area contributed by atoms with Crippen molar-refractivity contribution >= 4 is 5.52 Å². The molecule has 0 fully saturated rings. The van der Waals surface area contributed by atoms with E-state index in [0.29, 0.717) is 5.52 Å². The fraction of sp³-hybridized carbons (Fsp3) is 0. The third-order valence-electron chi connectivity index (χ3n) is 1.32. The van der Waals surface area contributed by atoms with Gasteiger partial charge < -0.3 is 5.11 Å². The average molecular weight is 135 g/mol. The van der Waals surface area contributed by atoms with E-state index in [1.807, 2.05) is 0 Å². The molecule has 0 bridgehead atoms. The van der Waals surface area contributed by atoms with Crippen LogP contribution in [0.5, 0.6) is 5.75 Å². The average Bonchev–Trinajstić information content (AvgIpc) is 2.34. The first-order chi connectivity index (χ1) is 4.88. The lowest BCUT2D eigenvalue weighted by molar-refractivity contribution is 0.481. The van der Waals surface area contributed by atoms with Gasteiger partial charge in [-0.2, -0.15) is 5.10 Å². The van der Waals surface area contributed by atoms with Crippen molar-refractivity contribution in [3.63, 3.8) is 0 Å². The minimum atomic E-state index is 0.209. The van der Waals surface area contributed by atoms with Gasteiger partial charge in [-0.15, -0.1) is 0 Å². The van der Waals surface area contributed by atoms with Crippen LogP contribution in [0, 0.1) is 0 Å². The van der Waals surface area contributed by atoms with E-state index in [0.717, 1.165) is 0 Å². The minimum Gasteiger partial charge on any atom is -0.506 e. The first kappa shape index (κ1) is 5.22. The molecule has 2 rings (SSSR count). The highest BCUT2D eigenvalue weighted by Crippen LogP contribution is 2.15. The number of aromatic hydroxyl groups is 1. The lowest BCUT2D eigenvalue weighted by atomic mass is 10.5. The van der Waals surface area contributed by atoms with Gasteiger partial charge >= 0.3 is 0 Å². The third kappa shape index (κ3) is 0.556. The molecule has 4 heteroatoms. The van der Waals surface area contributed by atoms with Crippen LogP contribution in [0.25, 0.3) is 5.52 Å². The van der Waals surface area contributed by atoms with Gasteiger partial charge in [0, 0.05) is 12.3 Å². The summed E-state index contributed by atoms with van der Waals surface area (Å²) in [6.45, 7) is 0. The quantitative estimate of drug-likeness (QED) is 0.570. The topological polar surface area (TPSA) is 50.4 Å². The van der Waals surface area contributed by atoms with Crippen molar-refractivity contribution in [2.45, 2.75) is 0 Å². The van der Waals surface area contributed by atoms with Crippen molar-refractivity contribution in [2.75, 3.05) is 0 Å². The van der Waals surface area contributed by atoms with E-state index in [9.17, 15) is 0 Å². The minimum absolute atomic E-state index is 0.209. The Morgan fingerprint density at radius 2 is 2.40 bits per heavy atom. The summed E-state index contributed by atoms with van der Waals surface area (Å²) in [6, 6.07) is 1.57. The number of hydrogen-bond acceptors (Lipinski definition) is 3. The Labute approximate surface area is 56.8 Å². The van der Waals surface area contributed by atoms with Gasteiger partial charge in [0.05, 0.1) is 6.20 Å². The molecule has 0 radical (unpaired) electrons. The molecule has 10 heavy (non-hydrogen) atoms. The van der Waals surface area contributed by atoms with Crippen molar-refractivity contribution < 1.29 is 5.11 Å². The molecule has 0 atom stereocenters. The second kappa shape index (κ2) is 1.70. The summed E-state index contributed by atoms with van der Waals surface area (Å²) in [5, 5.41) is 13.0. The Balaban J connectivity index is 2.93. The maximum absolute atomic E-state index is 9.11. The second-order valence-corrected chi connectivity index (χ2v) is 1.94. The monoisotopic (exact) mass is 135 g/mol. The van der Waals surface area contributed by atoms with E-state index < -0.39 is 0 Å². The van der Waals surface area contributed by atoms with Gasteiger partial charge in [-0.1, -0.05) is 0 Å². The number of nitrogens with zero attached hydrogens (tertiary/aromatic N) is 3. The molecular formula is C6H5N3O. The lowest BCUT2D eigenvalue weighted by Crippen LogP contribution is -1.87. The van der Waals surface area contributed by atoms with Gasteiger partial charge in [-0.25, -0.2) is 9.50 Å². The molecular weight excluding hydrogens is 130 g/mol. The zero-order valence-electron chi connectivity index (χ0n) is 5.10. The van der Waals surface area contributed by atoms with Gasteiger partial charge in [0.1, 0.15) is 17.6 Å². The van der Waals surface area contributed by atoms with Gasteiger partial charge in [0.2, 0.25) is 0 Å². The van der Waals surface area contributed by atoms with Crippen LogP contribution in [0.4, 0.5) is 0 Å². The highest BCUT2D eigenvalue weighted by atomic mass is 16.3. The van der Waals surface area contributed by atoms with Gasteiger partial charge in [-0.3, -0.25) is 0 Å². The summed E-state index contributed by atoms with van der Waals surface area (Å²) < 4.78 is 1.56. The number of fused-ring (bicyclic) bond motifs is 1. The molecule has 0 aromatic carbocycles.